The van der Waals surface area contributed by atoms with Crippen LogP contribution in [-0.2, 0) is 16.4 Å². The smallest absolute Gasteiger partial charge is 0.175 e. The molecule has 0 radical (unpaired) electrons. The molecule has 5 nitrogen and oxygen atoms in total. The highest BCUT2D eigenvalue weighted by Crippen LogP contribution is 2.31. The van der Waals surface area contributed by atoms with Crippen LogP contribution in [0, 0.1) is 0 Å². The van der Waals surface area contributed by atoms with E-state index in [9.17, 15) is 8.42 Å². The van der Waals surface area contributed by atoms with Gasteiger partial charge in [-0.3, -0.25) is 0 Å². The molecule has 1 aliphatic carbocycles. The van der Waals surface area contributed by atoms with Gasteiger partial charge in [-0.15, -0.1) is 0 Å². The van der Waals surface area contributed by atoms with Crippen LogP contribution in [-0.4, -0.2) is 33.4 Å². The van der Waals surface area contributed by atoms with E-state index >= 15 is 0 Å². The van der Waals surface area contributed by atoms with Crippen molar-refractivity contribution < 1.29 is 13.2 Å². The molecule has 2 fully saturated rings. The maximum absolute atomic E-state index is 12.0. The van der Waals surface area contributed by atoms with Crippen LogP contribution in [0.3, 0.4) is 0 Å². The van der Waals surface area contributed by atoms with E-state index in [0.717, 1.165) is 43.5 Å². The third kappa shape index (κ3) is 4.74. The number of rotatable bonds is 7. The Hall–Kier alpha value is -1.89. The molecule has 4 rings (SSSR count). The number of nitrogens with one attached hydrogen (secondary N) is 2. The number of hydrogen-bond donors (Lipinski definition) is 2. The number of sulfone groups is 1. The standard InChI is InChI=1S/C22H28N2O3S/c1-28(25,26)19-11-12-21(27-18-9-10-18)17(14-19)15-24-20-8-5-13-23-22(20)16-6-3-2-4-7-16/h2-4,6-7,11-12,14,18,20,22-24H,5,8-10,13,15H2,1H3. The molecule has 150 valence electrons. The SMILES string of the molecule is CS(=O)(=O)c1ccc(OC2CC2)c(CNC2CCCNC2c2ccccc2)c1. The van der Waals surface area contributed by atoms with E-state index in [1.165, 1.54) is 11.8 Å². The lowest BCUT2D eigenvalue weighted by atomic mass is 9.92. The zero-order valence-corrected chi connectivity index (χ0v) is 17.0. The minimum atomic E-state index is -3.25. The van der Waals surface area contributed by atoms with E-state index in [1.807, 2.05) is 6.07 Å². The van der Waals surface area contributed by atoms with Crippen molar-refractivity contribution in [2.45, 2.75) is 55.3 Å². The second-order valence-corrected chi connectivity index (χ2v) is 9.85. The van der Waals surface area contributed by atoms with Crippen LogP contribution in [0.2, 0.25) is 0 Å². The second-order valence-electron chi connectivity index (χ2n) is 7.83. The molecule has 0 bridgehead atoms. The van der Waals surface area contributed by atoms with Crippen molar-refractivity contribution in [3.63, 3.8) is 0 Å². The maximum atomic E-state index is 12.0. The van der Waals surface area contributed by atoms with Crippen LogP contribution in [0.25, 0.3) is 0 Å². The third-order valence-corrected chi connectivity index (χ3v) is 6.56. The first-order valence-corrected chi connectivity index (χ1v) is 11.9. The molecule has 2 aromatic carbocycles. The van der Waals surface area contributed by atoms with Gasteiger partial charge in [0.05, 0.1) is 11.0 Å². The molecule has 2 aliphatic rings. The van der Waals surface area contributed by atoms with Crippen LogP contribution < -0.4 is 15.4 Å². The van der Waals surface area contributed by atoms with Crippen LogP contribution in [0.5, 0.6) is 5.75 Å². The molecule has 2 N–H and O–H groups in total. The van der Waals surface area contributed by atoms with Crippen molar-refractivity contribution in [2.24, 2.45) is 0 Å². The lowest BCUT2D eigenvalue weighted by Gasteiger charge is -2.34. The summed E-state index contributed by atoms with van der Waals surface area (Å²) < 4.78 is 30.0. The van der Waals surface area contributed by atoms with E-state index < -0.39 is 9.84 Å². The van der Waals surface area contributed by atoms with Gasteiger partial charge in [0, 0.05) is 30.4 Å². The second kappa shape index (κ2) is 8.23. The molecule has 1 heterocycles. The molecule has 2 atom stereocenters. The summed E-state index contributed by atoms with van der Waals surface area (Å²) in [5.74, 6) is 0.794. The van der Waals surface area contributed by atoms with Crippen LogP contribution in [0.4, 0.5) is 0 Å². The first-order chi connectivity index (χ1) is 13.5. The Balaban J connectivity index is 1.53. The Bertz CT molecular complexity index is 911. The minimum absolute atomic E-state index is 0.251. The first kappa shape index (κ1) is 19.4. The van der Waals surface area contributed by atoms with E-state index in [-0.39, 0.29) is 18.2 Å². The van der Waals surface area contributed by atoms with Gasteiger partial charge >= 0.3 is 0 Å². The average Bonchev–Trinajstić information content (AvgIpc) is 3.51. The molecule has 0 amide bonds. The lowest BCUT2D eigenvalue weighted by molar-refractivity contribution is 0.288. The molecule has 6 heteroatoms. The molecular formula is C22H28N2O3S. The normalized spacial score (nSPS) is 22.8. The van der Waals surface area contributed by atoms with Gasteiger partial charge in [-0.05, 0) is 56.0 Å². The summed E-state index contributed by atoms with van der Waals surface area (Å²) in [7, 11) is -3.25. The Morgan fingerprint density at radius 1 is 1.11 bits per heavy atom. The van der Waals surface area contributed by atoms with E-state index in [4.69, 9.17) is 4.74 Å². The Morgan fingerprint density at radius 2 is 1.89 bits per heavy atom. The van der Waals surface area contributed by atoms with Crippen molar-refractivity contribution in [1.29, 1.82) is 0 Å². The monoisotopic (exact) mass is 400 g/mol. The quantitative estimate of drug-likeness (QED) is 0.747. The van der Waals surface area contributed by atoms with Crippen LogP contribution in [0.1, 0.15) is 42.9 Å². The highest BCUT2D eigenvalue weighted by atomic mass is 32.2. The predicted octanol–water partition coefficient (Wildman–Crippen LogP) is 3.21. The summed E-state index contributed by atoms with van der Waals surface area (Å²) in [6.07, 6.45) is 5.87. The van der Waals surface area contributed by atoms with Crippen molar-refractivity contribution in [2.75, 3.05) is 12.8 Å². The zero-order chi connectivity index (χ0) is 19.6. The van der Waals surface area contributed by atoms with Gasteiger partial charge in [0.2, 0.25) is 0 Å². The van der Waals surface area contributed by atoms with Gasteiger partial charge in [-0.25, -0.2) is 8.42 Å². The molecule has 1 saturated heterocycles. The molecule has 1 saturated carbocycles. The van der Waals surface area contributed by atoms with Gasteiger partial charge < -0.3 is 15.4 Å². The first-order valence-electron chi connectivity index (χ1n) is 10.0. The van der Waals surface area contributed by atoms with Gasteiger partial charge in [0.25, 0.3) is 0 Å². The van der Waals surface area contributed by atoms with Crippen molar-refractivity contribution >= 4 is 9.84 Å². The number of ether oxygens (including phenoxy) is 1. The largest absolute Gasteiger partial charge is 0.490 e. The predicted molar refractivity (Wildman–Crippen MR) is 110 cm³/mol. The van der Waals surface area contributed by atoms with Crippen LogP contribution >= 0.6 is 0 Å². The molecule has 0 spiro atoms. The fourth-order valence-corrected chi connectivity index (χ4v) is 4.44. The maximum Gasteiger partial charge on any atom is 0.175 e. The van der Waals surface area contributed by atoms with Crippen molar-refractivity contribution in [3.05, 3.63) is 59.7 Å². The fraction of sp³-hybridized carbons (Fsp3) is 0.455. The molecule has 28 heavy (non-hydrogen) atoms. The van der Waals surface area contributed by atoms with Gasteiger partial charge in [0.15, 0.2) is 9.84 Å². The van der Waals surface area contributed by atoms with Gasteiger partial charge in [-0.2, -0.15) is 0 Å². The number of benzene rings is 2. The molecule has 0 aromatic heterocycles. The minimum Gasteiger partial charge on any atom is -0.490 e. The Kier molecular flexibility index (Phi) is 5.71. The molecule has 1 aliphatic heterocycles. The topological polar surface area (TPSA) is 67.4 Å². The summed E-state index contributed by atoms with van der Waals surface area (Å²) in [6.45, 7) is 1.60. The van der Waals surface area contributed by atoms with Crippen LogP contribution in [0.15, 0.2) is 53.4 Å². The Labute approximate surface area is 167 Å². The van der Waals surface area contributed by atoms with Crippen molar-refractivity contribution in [3.8, 4) is 5.75 Å². The third-order valence-electron chi connectivity index (χ3n) is 5.45. The highest BCUT2D eigenvalue weighted by molar-refractivity contribution is 7.90. The van der Waals surface area contributed by atoms with Gasteiger partial charge in [0.1, 0.15) is 5.75 Å². The summed E-state index contributed by atoms with van der Waals surface area (Å²) in [6, 6.07) is 16.2. The van der Waals surface area contributed by atoms with E-state index in [1.54, 1.807) is 18.2 Å². The molecule has 2 aromatic rings. The summed E-state index contributed by atoms with van der Waals surface area (Å²) in [5, 5.41) is 7.29. The summed E-state index contributed by atoms with van der Waals surface area (Å²) in [4.78, 5) is 0.342. The molecular weight excluding hydrogens is 372 g/mol. The number of piperidine rings is 1. The van der Waals surface area contributed by atoms with E-state index in [0.29, 0.717) is 11.4 Å². The lowest BCUT2D eigenvalue weighted by Crippen LogP contribution is -2.45. The zero-order valence-electron chi connectivity index (χ0n) is 16.2. The fourth-order valence-electron chi connectivity index (χ4n) is 3.76. The summed E-state index contributed by atoms with van der Waals surface area (Å²) >= 11 is 0. The molecule has 2 unspecified atom stereocenters. The van der Waals surface area contributed by atoms with Crippen molar-refractivity contribution in [1.82, 2.24) is 10.6 Å². The highest BCUT2D eigenvalue weighted by Gasteiger charge is 2.27. The van der Waals surface area contributed by atoms with E-state index in [2.05, 4.69) is 34.9 Å². The average molecular weight is 401 g/mol. The van der Waals surface area contributed by atoms with Gasteiger partial charge in [-0.1, -0.05) is 30.3 Å². The number of hydrogen-bond acceptors (Lipinski definition) is 5. The Morgan fingerprint density at radius 3 is 2.61 bits per heavy atom. The summed E-state index contributed by atoms with van der Waals surface area (Å²) in [5.41, 5.74) is 2.19.